The number of rotatable bonds is 7. The van der Waals surface area contributed by atoms with E-state index >= 15 is 0 Å². The Bertz CT molecular complexity index is 1210. The maximum atomic E-state index is 13.2. The number of carbonyl (C=O) groups excluding carboxylic acids is 1. The van der Waals surface area contributed by atoms with Crippen LogP contribution in [0.4, 0.5) is 4.39 Å². The van der Waals surface area contributed by atoms with Crippen LogP contribution in [0.15, 0.2) is 77.7 Å². The SMILES string of the molecule is O=C(CCc1cccc(-c2ccc(Cl)cc2)c1)[C@@H]1CCCN1S(=O)(=O)c1ccc(F)cc1. The number of sulfonamides is 1. The van der Waals surface area contributed by atoms with Crippen LogP contribution in [0, 0.1) is 5.82 Å². The fourth-order valence-electron chi connectivity index (χ4n) is 4.07. The average molecular weight is 472 g/mol. The molecule has 3 aromatic rings. The second-order valence-corrected chi connectivity index (χ2v) is 10.2. The molecule has 166 valence electrons. The predicted octanol–water partition coefficient (Wildman–Crippen LogP) is 5.50. The number of carbonyl (C=O) groups is 1. The van der Waals surface area contributed by atoms with Crippen LogP contribution in [0.25, 0.3) is 11.1 Å². The first-order valence-electron chi connectivity index (χ1n) is 10.5. The van der Waals surface area contributed by atoms with Gasteiger partial charge in [0.15, 0.2) is 5.78 Å². The van der Waals surface area contributed by atoms with Gasteiger partial charge in [-0.05, 0) is 72.4 Å². The minimum atomic E-state index is -3.84. The highest BCUT2D eigenvalue weighted by atomic mass is 35.5. The summed E-state index contributed by atoms with van der Waals surface area (Å²) in [4.78, 5) is 13.0. The molecule has 0 aromatic heterocycles. The molecule has 0 saturated carbocycles. The Morgan fingerprint density at radius 2 is 1.72 bits per heavy atom. The quantitative estimate of drug-likeness (QED) is 0.457. The summed E-state index contributed by atoms with van der Waals surface area (Å²) in [6.07, 6.45) is 1.92. The Kier molecular flexibility index (Phi) is 6.74. The predicted molar refractivity (Wildman–Crippen MR) is 124 cm³/mol. The van der Waals surface area contributed by atoms with Crippen LogP contribution < -0.4 is 0 Å². The van der Waals surface area contributed by atoms with Crippen molar-refractivity contribution < 1.29 is 17.6 Å². The average Bonchev–Trinajstić information content (AvgIpc) is 3.30. The highest BCUT2D eigenvalue weighted by Crippen LogP contribution is 2.28. The van der Waals surface area contributed by atoms with Gasteiger partial charge in [0.2, 0.25) is 10.0 Å². The number of benzene rings is 3. The number of halogens is 2. The van der Waals surface area contributed by atoms with Crippen molar-refractivity contribution in [2.24, 2.45) is 0 Å². The normalized spacial score (nSPS) is 16.9. The molecule has 0 amide bonds. The Labute approximate surface area is 192 Å². The lowest BCUT2D eigenvalue weighted by Crippen LogP contribution is -2.40. The van der Waals surface area contributed by atoms with E-state index in [4.69, 9.17) is 11.6 Å². The van der Waals surface area contributed by atoms with Gasteiger partial charge >= 0.3 is 0 Å². The molecule has 1 heterocycles. The second kappa shape index (κ2) is 9.53. The highest BCUT2D eigenvalue weighted by molar-refractivity contribution is 7.89. The van der Waals surface area contributed by atoms with E-state index in [0.29, 0.717) is 30.8 Å². The minimum absolute atomic E-state index is 0.00858. The summed E-state index contributed by atoms with van der Waals surface area (Å²) in [7, 11) is -3.84. The monoisotopic (exact) mass is 471 g/mol. The van der Waals surface area contributed by atoms with Gasteiger partial charge in [0.05, 0.1) is 10.9 Å². The summed E-state index contributed by atoms with van der Waals surface area (Å²) in [6, 6.07) is 19.6. The summed E-state index contributed by atoms with van der Waals surface area (Å²) >= 11 is 5.97. The number of nitrogens with zero attached hydrogens (tertiary/aromatic N) is 1. The molecule has 0 N–H and O–H groups in total. The van der Waals surface area contributed by atoms with E-state index in [1.54, 1.807) is 0 Å². The smallest absolute Gasteiger partial charge is 0.243 e. The molecule has 0 aliphatic carbocycles. The molecule has 32 heavy (non-hydrogen) atoms. The van der Waals surface area contributed by atoms with E-state index in [9.17, 15) is 17.6 Å². The summed E-state index contributed by atoms with van der Waals surface area (Å²) in [6.45, 7) is 0.294. The number of hydrogen-bond donors (Lipinski definition) is 0. The summed E-state index contributed by atoms with van der Waals surface area (Å²) in [5.74, 6) is -0.594. The Balaban J connectivity index is 1.45. The van der Waals surface area contributed by atoms with E-state index in [2.05, 4.69) is 0 Å². The van der Waals surface area contributed by atoms with Gasteiger partial charge in [0, 0.05) is 18.0 Å². The number of Topliss-reactive ketones (excluding diaryl/α,β-unsaturated/α-hetero) is 1. The molecule has 1 aliphatic heterocycles. The van der Waals surface area contributed by atoms with Gasteiger partial charge in [-0.15, -0.1) is 0 Å². The fraction of sp³-hybridized carbons (Fsp3) is 0.240. The third kappa shape index (κ3) is 4.93. The van der Waals surface area contributed by atoms with Crippen molar-refractivity contribution >= 4 is 27.4 Å². The third-order valence-electron chi connectivity index (χ3n) is 5.76. The minimum Gasteiger partial charge on any atom is -0.298 e. The Hall–Kier alpha value is -2.54. The van der Waals surface area contributed by atoms with Crippen LogP contribution >= 0.6 is 11.6 Å². The molecule has 7 heteroatoms. The van der Waals surface area contributed by atoms with Gasteiger partial charge in [-0.1, -0.05) is 48.0 Å². The van der Waals surface area contributed by atoms with E-state index in [-0.39, 0.29) is 17.1 Å². The lowest BCUT2D eigenvalue weighted by molar-refractivity contribution is -0.122. The number of aryl methyl sites for hydroxylation is 1. The fourth-order valence-corrected chi connectivity index (χ4v) is 5.88. The van der Waals surface area contributed by atoms with Crippen LogP contribution in [-0.2, 0) is 21.2 Å². The first-order chi connectivity index (χ1) is 15.3. The molecular weight excluding hydrogens is 449 g/mol. The van der Waals surface area contributed by atoms with Crippen molar-refractivity contribution in [1.29, 1.82) is 0 Å². The van der Waals surface area contributed by atoms with Crippen molar-refractivity contribution in [3.63, 3.8) is 0 Å². The molecule has 1 saturated heterocycles. The van der Waals surface area contributed by atoms with Gasteiger partial charge in [-0.3, -0.25) is 4.79 Å². The molecule has 0 unspecified atom stereocenters. The maximum Gasteiger partial charge on any atom is 0.243 e. The van der Waals surface area contributed by atoms with E-state index in [1.807, 2.05) is 48.5 Å². The molecule has 1 atom stereocenters. The van der Waals surface area contributed by atoms with Gasteiger partial charge in [0.1, 0.15) is 5.82 Å². The molecule has 1 aliphatic rings. The number of hydrogen-bond acceptors (Lipinski definition) is 3. The van der Waals surface area contributed by atoms with Crippen molar-refractivity contribution in [3.05, 3.63) is 89.2 Å². The van der Waals surface area contributed by atoms with Gasteiger partial charge in [-0.25, -0.2) is 12.8 Å². The third-order valence-corrected chi connectivity index (χ3v) is 7.93. The first kappa shape index (κ1) is 22.6. The van der Waals surface area contributed by atoms with Crippen LogP contribution in [0.3, 0.4) is 0 Å². The summed E-state index contributed by atoms with van der Waals surface area (Å²) in [5, 5.41) is 0.673. The van der Waals surface area contributed by atoms with Crippen molar-refractivity contribution in [1.82, 2.24) is 4.31 Å². The zero-order valence-electron chi connectivity index (χ0n) is 17.4. The van der Waals surface area contributed by atoms with Crippen molar-refractivity contribution in [2.45, 2.75) is 36.6 Å². The van der Waals surface area contributed by atoms with Crippen LogP contribution in [0.1, 0.15) is 24.8 Å². The van der Waals surface area contributed by atoms with Crippen LogP contribution in [0.5, 0.6) is 0 Å². The van der Waals surface area contributed by atoms with E-state index < -0.39 is 21.9 Å². The highest BCUT2D eigenvalue weighted by Gasteiger charge is 2.38. The molecule has 4 nitrogen and oxygen atoms in total. The summed E-state index contributed by atoms with van der Waals surface area (Å²) in [5.41, 5.74) is 3.08. The Morgan fingerprint density at radius 3 is 2.44 bits per heavy atom. The Morgan fingerprint density at radius 1 is 1.00 bits per heavy atom. The van der Waals surface area contributed by atoms with Crippen LogP contribution in [-0.4, -0.2) is 31.1 Å². The first-order valence-corrected chi connectivity index (χ1v) is 12.3. The van der Waals surface area contributed by atoms with Crippen molar-refractivity contribution in [2.75, 3.05) is 6.54 Å². The van der Waals surface area contributed by atoms with Crippen LogP contribution in [0.2, 0.25) is 5.02 Å². The van der Waals surface area contributed by atoms with Crippen molar-refractivity contribution in [3.8, 4) is 11.1 Å². The molecule has 1 fully saturated rings. The molecule has 0 radical (unpaired) electrons. The molecule has 0 spiro atoms. The lowest BCUT2D eigenvalue weighted by Gasteiger charge is -2.23. The lowest BCUT2D eigenvalue weighted by atomic mass is 9.98. The second-order valence-electron chi connectivity index (χ2n) is 7.90. The van der Waals surface area contributed by atoms with Gasteiger partial charge in [0.25, 0.3) is 0 Å². The van der Waals surface area contributed by atoms with E-state index in [1.165, 1.54) is 16.4 Å². The molecular formula is C25H23ClFNO3S. The maximum absolute atomic E-state index is 13.2. The largest absolute Gasteiger partial charge is 0.298 e. The van der Waals surface area contributed by atoms with Gasteiger partial charge in [-0.2, -0.15) is 4.31 Å². The zero-order valence-corrected chi connectivity index (χ0v) is 18.9. The molecule has 3 aromatic carbocycles. The van der Waals surface area contributed by atoms with Gasteiger partial charge < -0.3 is 0 Å². The molecule has 4 rings (SSSR count). The number of ketones is 1. The summed E-state index contributed by atoms with van der Waals surface area (Å²) < 4.78 is 40.5. The van der Waals surface area contributed by atoms with E-state index in [0.717, 1.165) is 28.8 Å². The zero-order chi connectivity index (χ0) is 22.7. The standard InChI is InChI=1S/C25H23ClFNO3S/c26-21-9-7-19(8-10-21)20-4-1-3-18(17-20)6-15-25(29)24-5-2-16-28(24)32(30,31)23-13-11-22(27)12-14-23/h1,3-4,7-14,17,24H,2,5-6,15-16H2/t24-/m0/s1. The molecule has 0 bridgehead atoms. The topological polar surface area (TPSA) is 54.5 Å².